The molecule has 3 nitrogen and oxygen atoms in total. The van der Waals surface area contributed by atoms with Gasteiger partial charge in [0.1, 0.15) is 11.3 Å². The van der Waals surface area contributed by atoms with E-state index >= 15 is 0 Å². The lowest BCUT2D eigenvalue weighted by Crippen LogP contribution is -2.23. The van der Waals surface area contributed by atoms with Crippen molar-refractivity contribution in [2.75, 3.05) is 20.8 Å². The summed E-state index contributed by atoms with van der Waals surface area (Å²) in [4.78, 5) is 0. The van der Waals surface area contributed by atoms with Crippen molar-refractivity contribution in [1.29, 1.82) is 0 Å². The molecule has 0 aliphatic carbocycles. The van der Waals surface area contributed by atoms with Crippen LogP contribution in [0.2, 0.25) is 0 Å². The van der Waals surface area contributed by atoms with Crippen molar-refractivity contribution in [2.45, 2.75) is 19.4 Å². The van der Waals surface area contributed by atoms with Gasteiger partial charge in [0.2, 0.25) is 0 Å². The van der Waals surface area contributed by atoms with E-state index in [1.165, 1.54) is 0 Å². The summed E-state index contributed by atoms with van der Waals surface area (Å²) in [5, 5.41) is 4.50. The van der Waals surface area contributed by atoms with Gasteiger partial charge in [-0.2, -0.15) is 0 Å². The van der Waals surface area contributed by atoms with E-state index in [9.17, 15) is 0 Å². The Bertz CT molecular complexity index is 459. The molecule has 0 aliphatic rings. The van der Waals surface area contributed by atoms with Gasteiger partial charge >= 0.3 is 0 Å². The molecule has 1 heterocycles. The minimum absolute atomic E-state index is 0.229. The number of furan rings is 1. The number of methoxy groups -OCH3 is 1. The van der Waals surface area contributed by atoms with E-state index in [1.807, 2.05) is 25.2 Å². The Hall–Kier alpha value is -1.32. The smallest absolute Gasteiger partial charge is 0.134 e. The summed E-state index contributed by atoms with van der Waals surface area (Å²) in [6, 6.07) is 10.5. The molecule has 0 bridgehead atoms. The van der Waals surface area contributed by atoms with Gasteiger partial charge in [-0.15, -0.1) is 0 Å². The van der Waals surface area contributed by atoms with Gasteiger partial charge in [-0.05, 0) is 31.5 Å². The number of nitrogens with one attached hydrogen (secondary N) is 1. The highest BCUT2D eigenvalue weighted by molar-refractivity contribution is 5.77. The highest BCUT2D eigenvalue weighted by atomic mass is 16.5. The molecule has 3 heteroatoms. The Balaban J connectivity index is 2.20. The Morgan fingerprint density at radius 3 is 2.78 bits per heavy atom. The highest BCUT2D eigenvalue weighted by Gasteiger charge is 2.21. The van der Waals surface area contributed by atoms with Gasteiger partial charge in [-0.25, -0.2) is 0 Å². The van der Waals surface area contributed by atoms with Crippen molar-refractivity contribution in [3.8, 4) is 0 Å². The van der Waals surface area contributed by atoms with Crippen molar-refractivity contribution >= 4 is 11.0 Å². The molecule has 2 aromatic rings. The highest BCUT2D eigenvalue weighted by Crippen LogP contribution is 2.29. The molecule has 0 amide bonds. The lowest BCUT2D eigenvalue weighted by molar-refractivity contribution is 0.168. The number of benzene rings is 1. The number of para-hydroxylation sites is 1. The van der Waals surface area contributed by atoms with Gasteiger partial charge in [-0.3, -0.25) is 0 Å². The van der Waals surface area contributed by atoms with Crippen molar-refractivity contribution in [3.63, 3.8) is 0 Å². The predicted molar refractivity (Wildman–Crippen MR) is 73.7 cm³/mol. The maximum absolute atomic E-state index is 5.92. The second-order valence-electron chi connectivity index (χ2n) is 4.71. The maximum Gasteiger partial charge on any atom is 0.134 e. The normalized spacial score (nSPS) is 14.8. The molecule has 0 aliphatic heterocycles. The molecule has 1 aromatic carbocycles. The number of fused-ring (bicyclic) bond motifs is 1. The summed E-state index contributed by atoms with van der Waals surface area (Å²) >= 11 is 0. The third-order valence-electron chi connectivity index (χ3n) is 3.41. The molecule has 0 saturated carbocycles. The minimum atomic E-state index is 0.229. The van der Waals surface area contributed by atoms with Crippen molar-refractivity contribution < 1.29 is 9.15 Å². The topological polar surface area (TPSA) is 34.4 Å². The first-order valence-electron chi connectivity index (χ1n) is 6.41. The van der Waals surface area contributed by atoms with Crippen LogP contribution >= 0.6 is 0 Å². The van der Waals surface area contributed by atoms with E-state index in [0.29, 0.717) is 5.92 Å². The molecule has 1 N–H and O–H groups in total. The number of ether oxygens (including phenoxy) is 1. The molecule has 2 atom stereocenters. The van der Waals surface area contributed by atoms with E-state index < -0.39 is 0 Å². The summed E-state index contributed by atoms with van der Waals surface area (Å²) in [6.45, 7) is 2.99. The second-order valence-corrected chi connectivity index (χ2v) is 4.71. The number of rotatable bonds is 6. The molecule has 0 fully saturated rings. The van der Waals surface area contributed by atoms with E-state index in [0.717, 1.165) is 29.8 Å². The van der Waals surface area contributed by atoms with Crippen LogP contribution in [0.4, 0.5) is 0 Å². The summed E-state index contributed by atoms with van der Waals surface area (Å²) in [6.07, 6.45) is 1.01. The average molecular weight is 247 g/mol. The fourth-order valence-electron chi connectivity index (χ4n) is 2.33. The van der Waals surface area contributed by atoms with Gasteiger partial charge < -0.3 is 14.5 Å². The Morgan fingerprint density at radius 2 is 2.11 bits per heavy atom. The first kappa shape index (κ1) is 13.1. The van der Waals surface area contributed by atoms with E-state index in [-0.39, 0.29) is 6.04 Å². The van der Waals surface area contributed by atoms with Crippen LogP contribution in [0.15, 0.2) is 34.7 Å². The standard InChI is InChI=1S/C15H21NO2/c1-11(8-9-17-3)15(16-2)14-10-12-6-4-5-7-13(12)18-14/h4-7,10-11,15-16H,8-9H2,1-3H3. The molecular formula is C15H21NO2. The van der Waals surface area contributed by atoms with Gasteiger partial charge in [0.15, 0.2) is 0 Å². The molecule has 0 saturated heterocycles. The molecule has 18 heavy (non-hydrogen) atoms. The van der Waals surface area contributed by atoms with Crippen LogP contribution in [0.25, 0.3) is 11.0 Å². The zero-order valence-corrected chi connectivity index (χ0v) is 11.3. The SMILES string of the molecule is CNC(c1cc2ccccc2o1)C(C)CCOC. The molecule has 2 rings (SSSR count). The Kier molecular flexibility index (Phi) is 4.39. The van der Waals surface area contributed by atoms with Crippen molar-refractivity contribution in [2.24, 2.45) is 5.92 Å². The minimum Gasteiger partial charge on any atom is -0.459 e. The first-order chi connectivity index (χ1) is 8.76. The zero-order chi connectivity index (χ0) is 13.0. The quantitative estimate of drug-likeness (QED) is 0.850. The zero-order valence-electron chi connectivity index (χ0n) is 11.3. The average Bonchev–Trinajstić information content (AvgIpc) is 2.80. The number of hydrogen-bond donors (Lipinski definition) is 1. The fourth-order valence-corrected chi connectivity index (χ4v) is 2.33. The summed E-state index contributed by atoms with van der Waals surface area (Å²) in [5.41, 5.74) is 0.951. The van der Waals surface area contributed by atoms with E-state index in [2.05, 4.69) is 24.4 Å². The maximum atomic E-state index is 5.92. The third kappa shape index (κ3) is 2.74. The fraction of sp³-hybridized carbons (Fsp3) is 0.467. The van der Waals surface area contributed by atoms with Gasteiger partial charge in [0, 0.05) is 19.1 Å². The summed E-state index contributed by atoms with van der Waals surface area (Å²) < 4.78 is 11.1. The van der Waals surface area contributed by atoms with Crippen LogP contribution in [-0.4, -0.2) is 20.8 Å². The van der Waals surface area contributed by atoms with Crippen LogP contribution in [0.3, 0.4) is 0 Å². The van der Waals surface area contributed by atoms with Crippen LogP contribution in [0, 0.1) is 5.92 Å². The second kappa shape index (κ2) is 6.03. The lowest BCUT2D eigenvalue weighted by Gasteiger charge is -2.21. The Labute approximate surface area is 108 Å². The Morgan fingerprint density at radius 1 is 1.33 bits per heavy atom. The van der Waals surface area contributed by atoms with Crippen LogP contribution in [0.5, 0.6) is 0 Å². The molecule has 2 unspecified atom stereocenters. The monoisotopic (exact) mass is 247 g/mol. The first-order valence-corrected chi connectivity index (χ1v) is 6.41. The molecule has 98 valence electrons. The molecule has 0 spiro atoms. The van der Waals surface area contributed by atoms with Gasteiger partial charge in [-0.1, -0.05) is 25.1 Å². The third-order valence-corrected chi connectivity index (χ3v) is 3.41. The van der Waals surface area contributed by atoms with Crippen molar-refractivity contribution in [3.05, 3.63) is 36.1 Å². The largest absolute Gasteiger partial charge is 0.459 e. The number of hydrogen-bond acceptors (Lipinski definition) is 3. The predicted octanol–water partition coefficient (Wildman–Crippen LogP) is 3.37. The van der Waals surface area contributed by atoms with Crippen LogP contribution < -0.4 is 5.32 Å². The van der Waals surface area contributed by atoms with Crippen LogP contribution in [0.1, 0.15) is 25.1 Å². The van der Waals surface area contributed by atoms with E-state index in [4.69, 9.17) is 9.15 Å². The van der Waals surface area contributed by atoms with E-state index in [1.54, 1.807) is 7.11 Å². The lowest BCUT2D eigenvalue weighted by atomic mass is 9.96. The molecular weight excluding hydrogens is 226 g/mol. The van der Waals surface area contributed by atoms with Crippen molar-refractivity contribution in [1.82, 2.24) is 5.32 Å². The molecule has 0 radical (unpaired) electrons. The van der Waals surface area contributed by atoms with Gasteiger partial charge in [0.25, 0.3) is 0 Å². The van der Waals surface area contributed by atoms with Crippen LogP contribution in [-0.2, 0) is 4.74 Å². The van der Waals surface area contributed by atoms with Gasteiger partial charge in [0.05, 0.1) is 6.04 Å². The summed E-state index contributed by atoms with van der Waals surface area (Å²) in [5.74, 6) is 1.47. The molecule has 1 aromatic heterocycles. The summed E-state index contributed by atoms with van der Waals surface area (Å²) in [7, 11) is 3.71.